The third kappa shape index (κ3) is 5.91. The molecule has 0 heterocycles. The number of carbonyl (C=O) groups excluding carboxylic acids is 2. The van der Waals surface area contributed by atoms with Crippen LogP contribution in [0.25, 0.3) is 0 Å². The van der Waals surface area contributed by atoms with E-state index in [1.807, 2.05) is 0 Å². The Labute approximate surface area is 153 Å². The Kier molecular flexibility index (Phi) is 7.13. The van der Waals surface area contributed by atoms with Gasteiger partial charge in [0.05, 0.1) is 11.1 Å². The van der Waals surface area contributed by atoms with Crippen molar-refractivity contribution in [3.05, 3.63) is 107 Å². The lowest BCUT2D eigenvalue weighted by atomic mass is 10.0. The molecule has 3 rings (SSSR count). The molecule has 4 nitrogen and oxygen atoms in total. The van der Waals surface area contributed by atoms with E-state index in [1.54, 1.807) is 12.1 Å². The maximum absolute atomic E-state index is 10.7. The lowest BCUT2D eigenvalue weighted by Crippen LogP contribution is -2.20. The third-order valence-corrected chi connectivity index (χ3v) is 3.85. The highest BCUT2D eigenvalue weighted by molar-refractivity contribution is 6.06. The summed E-state index contributed by atoms with van der Waals surface area (Å²) in [6.45, 7) is 0. The first-order chi connectivity index (χ1) is 12.6. The van der Waals surface area contributed by atoms with Crippen LogP contribution in [0.3, 0.4) is 0 Å². The first-order valence-electron chi connectivity index (χ1n) is 8.34. The van der Waals surface area contributed by atoms with Crippen LogP contribution in [0, 0.1) is 0 Å². The molecule has 0 saturated heterocycles. The van der Waals surface area contributed by atoms with Gasteiger partial charge in [-0.15, -0.1) is 0 Å². The summed E-state index contributed by atoms with van der Waals surface area (Å²) < 4.78 is 0. The van der Waals surface area contributed by atoms with Crippen LogP contribution in [0.2, 0.25) is 0 Å². The zero-order valence-electron chi connectivity index (χ0n) is 14.5. The van der Waals surface area contributed by atoms with Gasteiger partial charge < -0.3 is 11.5 Å². The van der Waals surface area contributed by atoms with Crippen molar-refractivity contribution in [1.82, 2.24) is 0 Å². The number of benzene rings is 3. The van der Waals surface area contributed by atoms with E-state index >= 15 is 0 Å². The van der Waals surface area contributed by atoms with Crippen molar-refractivity contribution in [2.24, 2.45) is 11.5 Å². The highest BCUT2D eigenvalue weighted by Gasteiger charge is 2.10. The lowest BCUT2D eigenvalue weighted by Gasteiger charge is -2.01. The van der Waals surface area contributed by atoms with Gasteiger partial charge in [0, 0.05) is 0 Å². The van der Waals surface area contributed by atoms with Gasteiger partial charge in [-0.1, -0.05) is 72.8 Å². The largest absolute Gasteiger partial charge is 0.366 e. The minimum Gasteiger partial charge on any atom is -0.366 e. The fraction of sp³-hybridized carbons (Fsp3) is 0.0909. The van der Waals surface area contributed by atoms with Gasteiger partial charge in [-0.05, 0) is 36.1 Å². The quantitative estimate of drug-likeness (QED) is 0.742. The maximum Gasteiger partial charge on any atom is 0.249 e. The van der Waals surface area contributed by atoms with Crippen LogP contribution < -0.4 is 11.5 Å². The number of aryl methyl sites for hydroxylation is 2. The monoisotopic (exact) mass is 346 g/mol. The number of amides is 2. The molecule has 3 aromatic carbocycles. The van der Waals surface area contributed by atoms with E-state index in [0.717, 1.165) is 12.8 Å². The molecule has 0 aliphatic carbocycles. The van der Waals surface area contributed by atoms with Crippen molar-refractivity contribution in [2.75, 3.05) is 0 Å². The summed E-state index contributed by atoms with van der Waals surface area (Å²) in [4.78, 5) is 21.5. The summed E-state index contributed by atoms with van der Waals surface area (Å²) in [6.07, 6.45) is 2.26. The molecule has 0 radical (unpaired) electrons. The molecule has 0 aliphatic heterocycles. The molecular formula is C22H22N2O2. The van der Waals surface area contributed by atoms with E-state index in [2.05, 4.69) is 60.7 Å². The van der Waals surface area contributed by atoms with Crippen molar-refractivity contribution < 1.29 is 9.59 Å². The van der Waals surface area contributed by atoms with Crippen molar-refractivity contribution in [3.63, 3.8) is 0 Å². The summed E-state index contributed by atoms with van der Waals surface area (Å²) >= 11 is 0. The van der Waals surface area contributed by atoms with Gasteiger partial charge in [0.1, 0.15) is 0 Å². The Hall–Kier alpha value is -3.40. The second-order valence-corrected chi connectivity index (χ2v) is 5.75. The topological polar surface area (TPSA) is 86.2 Å². The molecule has 0 aromatic heterocycles. The van der Waals surface area contributed by atoms with E-state index in [0.29, 0.717) is 0 Å². The number of hydrogen-bond acceptors (Lipinski definition) is 2. The molecule has 0 atom stereocenters. The van der Waals surface area contributed by atoms with Crippen LogP contribution >= 0.6 is 0 Å². The number of primary amides is 2. The number of rotatable bonds is 5. The molecule has 132 valence electrons. The SMILES string of the molecule is NC(=O)c1ccccc1C(N)=O.c1ccc(CCc2ccccc2)cc1. The van der Waals surface area contributed by atoms with Gasteiger partial charge in [0.25, 0.3) is 0 Å². The zero-order chi connectivity index (χ0) is 18.8. The maximum atomic E-state index is 10.7. The minimum absolute atomic E-state index is 0.157. The molecule has 3 aromatic rings. The van der Waals surface area contributed by atoms with Crippen molar-refractivity contribution in [1.29, 1.82) is 0 Å². The van der Waals surface area contributed by atoms with Crippen molar-refractivity contribution >= 4 is 11.8 Å². The van der Waals surface area contributed by atoms with Crippen LogP contribution in [-0.2, 0) is 12.8 Å². The number of hydrogen-bond donors (Lipinski definition) is 2. The Bertz CT molecular complexity index is 774. The zero-order valence-corrected chi connectivity index (χ0v) is 14.5. The average Bonchev–Trinajstić information content (AvgIpc) is 2.68. The molecule has 4 heteroatoms. The van der Waals surface area contributed by atoms with Crippen LogP contribution in [0.4, 0.5) is 0 Å². The molecular weight excluding hydrogens is 324 g/mol. The number of carbonyl (C=O) groups is 2. The Morgan fingerprint density at radius 1 is 0.538 bits per heavy atom. The average molecular weight is 346 g/mol. The predicted molar refractivity (Wildman–Crippen MR) is 104 cm³/mol. The van der Waals surface area contributed by atoms with Crippen LogP contribution in [0.5, 0.6) is 0 Å². The fourth-order valence-electron chi connectivity index (χ4n) is 2.49. The van der Waals surface area contributed by atoms with E-state index < -0.39 is 11.8 Å². The first kappa shape index (κ1) is 18.9. The molecule has 0 spiro atoms. The van der Waals surface area contributed by atoms with E-state index in [4.69, 9.17) is 11.5 Å². The highest BCUT2D eigenvalue weighted by atomic mass is 16.2. The number of nitrogens with two attached hydrogens (primary N) is 2. The molecule has 0 aliphatic rings. The van der Waals surface area contributed by atoms with Gasteiger partial charge in [-0.2, -0.15) is 0 Å². The summed E-state index contributed by atoms with van der Waals surface area (Å²) in [5.41, 5.74) is 13.2. The van der Waals surface area contributed by atoms with Gasteiger partial charge in [0.2, 0.25) is 11.8 Å². The third-order valence-electron chi connectivity index (χ3n) is 3.85. The predicted octanol–water partition coefficient (Wildman–Crippen LogP) is 3.36. The minimum atomic E-state index is -0.649. The highest BCUT2D eigenvalue weighted by Crippen LogP contribution is 2.07. The molecule has 0 saturated carbocycles. The first-order valence-corrected chi connectivity index (χ1v) is 8.34. The van der Waals surface area contributed by atoms with Crippen molar-refractivity contribution in [3.8, 4) is 0 Å². The molecule has 26 heavy (non-hydrogen) atoms. The summed E-state index contributed by atoms with van der Waals surface area (Å²) in [5, 5.41) is 0. The fourth-order valence-corrected chi connectivity index (χ4v) is 2.49. The summed E-state index contributed by atoms with van der Waals surface area (Å²) in [6, 6.07) is 27.4. The smallest absolute Gasteiger partial charge is 0.249 e. The summed E-state index contributed by atoms with van der Waals surface area (Å²) in [7, 11) is 0. The van der Waals surface area contributed by atoms with Crippen LogP contribution in [-0.4, -0.2) is 11.8 Å². The van der Waals surface area contributed by atoms with Gasteiger partial charge in [0.15, 0.2) is 0 Å². The molecule has 0 bridgehead atoms. The Balaban J connectivity index is 0.000000190. The van der Waals surface area contributed by atoms with Crippen molar-refractivity contribution in [2.45, 2.75) is 12.8 Å². The normalized spacial score (nSPS) is 9.69. The molecule has 0 fully saturated rings. The lowest BCUT2D eigenvalue weighted by molar-refractivity contribution is 0.0967. The second-order valence-electron chi connectivity index (χ2n) is 5.75. The summed E-state index contributed by atoms with van der Waals surface area (Å²) in [5.74, 6) is -1.30. The van der Waals surface area contributed by atoms with Gasteiger partial charge >= 0.3 is 0 Å². The standard InChI is InChI=1S/C14H14.C8H8N2O2/c1-3-7-13(8-4-1)11-12-14-9-5-2-6-10-14;9-7(11)5-3-1-2-4-6(5)8(10)12/h1-10H,11-12H2;1-4H,(H2,9,11)(H2,10,12). The van der Waals surface area contributed by atoms with Crippen LogP contribution in [0.15, 0.2) is 84.9 Å². The van der Waals surface area contributed by atoms with E-state index in [9.17, 15) is 9.59 Å². The second kappa shape index (κ2) is 9.79. The van der Waals surface area contributed by atoms with Gasteiger partial charge in [-0.25, -0.2) is 0 Å². The van der Waals surface area contributed by atoms with E-state index in [1.165, 1.54) is 23.3 Å². The van der Waals surface area contributed by atoms with Crippen LogP contribution in [0.1, 0.15) is 31.8 Å². The van der Waals surface area contributed by atoms with E-state index in [-0.39, 0.29) is 11.1 Å². The Morgan fingerprint density at radius 2 is 0.846 bits per heavy atom. The van der Waals surface area contributed by atoms with Gasteiger partial charge in [-0.3, -0.25) is 9.59 Å². The molecule has 2 amide bonds. The Morgan fingerprint density at radius 3 is 1.15 bits per heavy atom. The molecule has 4 N–H and O–H groups in total. The molecule has 0 unspecified atom stereocenters.